The van der Waals surface area contributed by atoms with Gasteiger partial charge in [0, 0.05) is 18.7 Å². The summed E-state index contributed by atoms with van der Waals surface area (Å²) in [7, 11) is 1.99. The highest BCUT2D eigenvalue weighted by Crippen LogP contribution is 2.32. The van der Waals surface area contributed by atoms with Crippen molar-refractivity contribution in [2.45, 2.75) is 12.8 Å². The van der Waals surface area contributed by atoms with E-state index in [0.29, 0.717) is 29.5 Å². The maximum absolute atomic E-state index is 12.3. The van der Waals surface area contributed by atoms with Crippen LogP contribution in [-0.4, -0.2) is 50.8 Å². The number of ether oxygens (including phenoxy) is 3. The molecule has 5 nitrogen and oxygen atoms in total. The third-order valence-electron chi connectivity index (χ3n) is 3.93. The second kappa shape index (κ2) is 6.45. The van der Waals surface area contributed by atoms with E-state index in [4.69, 9.17) is 14.2 Å². The largest absolute Gasteiger partial charge is 0.454 e. The molecule has 114 valence electrons. The van der Waals surface area contributed by atoms with Crippen molar-refractivity contribution in [2.75, 3.05) is 40.1 Å². The summed E-state index contributed by atoms with van der Waals surface area (Å²) in [4.78, 5) is 14.4. The lowest BCUT2D eigenvalue weighted by molar-refractivity contribution is 0.0416. The molecule has 0 aromatic heterocycles. The molecule has 21 heavy (non-hydrogen) atoms. The fraction of sp³-hybridized carbons (Fsp3) is 0.562. The predicted molar refractivity (Wildman–Crippen MR) is 77.9 cm³/mol. The van der Waals surface area contributed by atoms with E-state index in [9.17, 15) is 4.79 Å². The van der Waals surface area contributed by atoms with Crippen LogP contribution in [0.3, 0.4) is 0 Å². The van der Waals surface area contributed by atoms with Crippen LogP contribution in [0.25, 0.3) is 0 Å². The highest BCUT2D eigenvalue weighted by molar-refractivity contribution is 5.98. The Balaban J connectivity index is 1.55. The van der Waals surface area contributed by atoms with Gasteiger partial charge in [-0.05, 0) is 44.0 Å². The van der Waals surface area contributed by atoms with E-state index in [-0.39, 0.29) is 12.6 Å². The fourth-order valence-corrected chi connectivity index (χ4v) is 2.86. The first-order valence-corrected chi connectivity index (χ1v) is 7.41. The van der Waals surface area contributed by atoms with Crippen LogP contribution in [-0.2, 0) is 4.74 Å². The molecule has 0 spiro atoms. The summed E-state index contributed by atoms with van der Waals surface area (Å²) >= 11 is 0. The molecule has 1 atom stereocenters. The van der Waals surface area contributed by atoms with Crippen LogP contribution in [0.4, 0.5) is 0 Å². The number of likely N-dealkylation sites (N-methyl/N-ethyl adjacent to an activating group) is 1. The van der Waals surface area contributed by atoms with Gasteiger partial charge in [0.15, 0.2) is 17.3 Å². The quantitative estimate of drug-likeness (QED) is 0.776. The van der Waals surface area contributed by atoms with Crippen molar-refractivity contribution < 1.29 is 19.0 Å². The Labute approximate surface area is 124 Å². The molecule has 5 heteroatoms. The van der Waals surface area contributed by atoms with Crippen molar-refractivity contribution in [1.29, 1.82) is 0 Å². The van der Waals surface area contributed by atoms with Crippen molar-refractivity contribution in [2.24, 2.45) is 5.92 Å². The zero-order chi connectivity index (χ0) is 14.7. The second-order valence-electron chi connectivity index (χ2n) is 5.77. The normalized spacial score (nSPS) is 20.8. The van der Waals surface area contributed by atoms with Crippen molar-refractivity contribution in [3.63, 3.8) is 0 Å². The summed E-state index contributed by atoms with van der Waals surface area (Å²) in [6.45, 7) is 3.22. The molecule has 0 bridgehead atoms. The van der Waals surface area contributed by atoms with Crippen molar-refractivity contribution in [3.05, 3.63) is 23.8 Å². The molecular formula is C16H21NO4. The first kappa shape index (κ1) is 14.4. The van der Waals surface area contributed by atoms with E-state index in [1.165, 1.54) is 6.42 Å². The molecule has 2 aliphatic heterocycles. The zero-order valence-electron chi connectivity index (χ0n) is 12.3. The maximum Gasteiger partial charge on any atom is 0.231 e. The Morgan fingerprint density at radius 1 is 1.33 bits per heavy atom. The lowest BCUT2D eigenvalue weighted by Gasteiger charge is -2.26. The number of fused-ring (bicyclic) bond motifs is 1. The molecule has 1 saturated heterocycles. The molecule has 1 aromatic carbocycles. The SMILES string of the molecule is CN(CC(=O)c1ccc2c(c1)OCO2)CC1CCCOC1. The maximum atomic E-state index is 12.3. The number of carbonyl (C=O) groups excluding carboxylic acids is 1. The summed E-state index contributed by atoms with van der Waals surface area (Å²) in [5, 5.41) is 0. The van der Waals surface area contributed by atoms with Crippen LogP contribution in [0.15, 0.2) is 18.2 Å². The Kier molecular flexibility index (Phi) is 4.41. The molecule has 3 rings (SSSR count). The highest BCUT2D eigenvalue weighted by Gasteiger charge is 2.19. The molecule has 0 saturated carbocycles. The van der Waals surface area contributed by atoms with Crippen LogP contribution in [0.1, 0.15) is 23.2 Å². The Morgan fingerprint density at radius 2 is 2.19 bits per heavy atom. The number of rotatable bonds is 5. The summed E-state index contributed by atoms with van der Waals surface area (Å²) in [5.74, 6) is 2.00. The molecule has 1 aromatic rings. The van der Waals surface area contributed by atoms with E-state index < -0.39 is 0 Å². The van der Waals surface area contributed by atoms with Crippen LogP contribution in [0.2, 0.25) is 0 Å². The summed E-state index contributed by atoms with van der Waals surface area (Å²) in [6.07, 6.45) is 2.30. The smallest absolute Gasteiger partial charge is 0.231 e. The van der Waals surface area contributed by atoms with Gasteiger partial charge in [-0.2, -0.15) is 0 Å². The molecule has 0 N–H and O–H groups in total. The van der Waals surface area contributed by atoms with Crippen LogP contribution < -0.4 is 9.47 Å². The molecule has 0 radical (unpaired) electrons. The van der Waals surface area contributed by atoms with Crippen molar-refractivity contribution in [3.8, 4) is 11.5 Å². The minimum absolute atomic E-state index is 0.104. The van der Waals surface area contributed by atoms with Gasteiger partial charge in [-0.25, -0.2) is 0 Å². The minimum atomic E-state index is 0.104. The number of ketones is 1. The van der Waals surface area contributed by atoms with Gasteiger partial charge in [0.05, 0.1) is 13.2 Å². The standard InChI is InChI=1S/C16H21NO4/c1-17(8-12-3-2-6-19-10-12)9-14(18)13-4-5-15-16(7-13)21-11-20-15/h4-5,7,12H,2-3,6,8-11H2,1H3. The molecular weight excluding hydrogens is 270 g/mol. The van der Waals surface area contributed by atoms with Crippen LogP contribution in [0, 0.1) is 5.92 Å². The van der Waals surface area contributed by atoms with Crippen molar-refractivity contribution in [1.82, 2.24) is 4.90 Å². The van der Waals surface area contributed by atoms with Crippen LogP contribution >= 0.6 is 0 Å². The van der Waals surface area contributed by atoms with Gasteiger partial charge in [0.1, 0.15) is 0 Å². The Bertz CT molecular complexity index is 511. The van der Waals surface area contributed by atoms with Gasteiger partial charge >= 0.3 is 0 Å². The van der Waals surface area contributed by atoms with Gasteiger partial charge < -0.3 is 14.2 Å². The molecule has 2 heterocycles. The average Bonchev–Trinajstić information content (AvgIpc) is 2.95. The first-order valence-electron chi connectivity index (χ1n) is 7.41. The van der Waals surface area contributed by atoms with E-state index >= 15 is 0 Å². The van der Waals surface area contributed by atoms with Gasteiger partial charge in [-0.3, -0.25) is 9.69 Å². The first-order chi connectivity index (χ1) is 10.2. The van der Waals surface area contributed by atoms with Gasteiger partial charge in [-0.1, -0.05) is 0 Å². The highest BCUT2D eigenvalue weighted by atomic mass is 16.7. The summed E-state index contributed by atoms with van der Waals surface area (Å²) < 4.78 is 16.0. The van der Waals surface area contributed by atoms with Gasteiger partial charge in [-0.15, -0.1) is 0 Å². The Morgan fingerprint density at radius 3 is 3.00 bits per heavy atom. The number of carbonyl (C=O) groups is 1. The molecule has 1 fully saturated rings. The summed E-state index contributed by atoms with van der Waals surface area (Å²) in [5.41, 5.74) is 0.672. The molecule has 1 unspecified atom stereocenters. The summed E-state index contributed by atoms with van der Waals surface area (Å²) in [6, 6.07) is 5.36. The van der Waals surface area contributed by atoms with E-state index in [1.54, 1.807) is 18.2 Å². The van der Waals surface area contributed by atoms with Gasteiger partial charge in [0.25, 0.3) is 0 Å². The molecule has 0 amide bonds. The molecule has 0 aliphatic carbocycles. The predicted octanol–water partition coefficient (Wildman–Crippen LogP) is 1.96. The van der Waals surface area contributed by atoms with E-state index in [0.717, 1.165) is 26.2 Å². The number of nitrogens with zero attached hydrogens (tertiary/aromatic N) is 1. The Hall–Kier alpha value is -1.59. The van der Waals surface area contributed by atoms with E-state index in [1.807, 2.05) is 7.05 Å². The number of hydrogen-bond acceptors (Lipinski definition) is 5. The third-order valence-corrected chi connectivity index (χ3v) is 3.93. The lowest BCUT2D eigenvalue weighted by atomic mass is 10.0. The topological polar surface area (TPSA) is 48.0 Å². The second-order valence-corrected chi connectivity index (χ2v) is 5.77. The number of hydrogen-bond donors (Lipinski definition) is 0. The number of Topliss-reactive ketones (excluding diaryl/α,β-unsaturated/α-hetero) is 1. The van der Waals surface area contributed by atoms with Crippen LogP contribution in [0.5, 0.6) is 11.5 Å². The monoisotopic (exact) mass is 291 g/mol. The average molecular weight is 291 g/mol. The molecule has 2 aliphatic rings. The van der Waals surface area contributed by atoms with Crippen molar-refractivity contribution >= 4 is 5.78 Å². The zero-order valence-corrected chi connectivity index (χ0v) is 12.3. The van der Waals surface area contributed by atoms with E-state index in [2.05, 4.69) is 4.90 Å². The lowest BCUT2D eigenvalue weighted by Crippen LogP contribution is -2.34. The fourth-order valence-electron chi connectivity index (χ4n) is 2.86. The third kappa shape index (κ3) is 3.54. The minimum Gasteiger partial charge on any atom is -0.454 e. The number of benzene rings is 1. The van der Waals surface area contributed by atoms with Gasteiger partial charge in [0.2, 0.25) is 6.79 Å².